The zero-order chi connectivity index (χ0) is 8.69. The molecule has 68 valence electrons. The molecule has 5 N–H and O–H groups in total. The van der Waals surface area contributed by atoms with Gasteiger partial charge in [-0.25, -0.2) is 0 Å². The Hall–Kier alpha value is -0.160. The summed E-state index contributed by atoms with van der Waals surface area (Å²) in [7, 11) is 1.81. The van der Waals surface area contributed by atoms with Gasteiger partial charge in [0.15, 0.2) is 6.29 Å². The maximum atomic E-state index is 8.64. The van der Waals surface area contributed by atoms with Crippen LogP contribution in [0.5, 0.6) is 0 Å². The summed E-state index contributed by atoms with van der Waals surface area (Å²) in [4.78, 5) is 0. The molecule has 0 radical (unpaired) electrons. The van der Waals surface area contributed by atoms with Crippen LogP contribution < -0.4 is 11.1 Å². The van der Waals surface area contributed by atoms with E-state index in [4.69, 9.17) is 15.9 Å². The molecule has 4 nitrogen and oxygen atoms in total. The molecule has 0 saturated carbocycles. The van der Waals surface area contributed by atoms with Gasteiger partial charge in [0.05, 0.1) is 0 Å². The van der Waals surface area contributed by atoms with Crippen molar-refractivity contribution in [3.05, 3.63) is 0 Å². The average molecular weight is 162 g/mol. The zero-order valence-electron chi connectivity index (χ0n) is 6.95. The van der Waals surface area contributed by atoms with Crippen molar-refractivity contribution >= 4 is 0 Å². The van der Waals surface area contributed by atoms with Crippen molar-refractivity contribution in [1.29, 1.82) is 0 Å². The van der Waals surface area contributed by atoms with E-state index in [0.717, 1.165) is 12.8 Å². The molecule has 0 saturated heterocycles. The Morgan fingerprint density at radius 1 is 1.45 bits per heavy atom. The summed E-state index contributed by atoms with van der Waals surface area (Å²) in [6.07, 6.45) is 0.963. The van der Waals surface area contributed by atoms with Crippen LogP contribution in [0.1, 0.15) is 19.3 Å². The van der Waals surface area contributed by atoms with E-state index < -0.39 is 6.29 Å². The molecule has 0 aromatic heterocycles. The highest BCUT2D eigenvalue weighted by molar-refractivity contribution is 4.65. The van der Waals surface area contributed by atoms with Crippen molar-refractivity contribution in [3.8, 4) is 0 Å². The molecular formula is C7H18N2O2. The first kappa shape index (κ1) is 10.8. The van der Waals surface area contributed by atoms with Gasteiger partial charge in [-0.05, 0) is 26.4 Å². The third-order valence-electron chi connectivity index (χ3n) is 1.66. The Balaban J connectivity index is 3.41. The van der Waals surface area contributed by atoms with E-state index in [9.17, 15) is 0 Å². The Morgan fingerprint density at radius 2 is 2.09 bits per heavy atom. The Bertz CT molecular complexity index is 88.5. The summed E-state index contributed by atoms with van der Waals surface area (Å²) in [5, 5.41) is 20.3. The molecule has 0 fully saturated rings. The quantitative estimate of drug-likeness (QED) is 0.378. The molecule has 1 unspecified atom stereocenters. The van der Waals surface area contributed by atoms with Crippen LogP contribution >= 0.6 is 0 Å². The number of nitrogens with two attached hydrogens (primary N) is 1. The highest BCUT2D eigenvalue weighted by atomic mass is 16.5. The molecule has 0 heterocycles. The van der Waals surface area contributed by atoms with Crippen LogP contribution in [-0.4, -0.2) is 36.1 Å². The van der Waals surface area contributed by atoms with Crippen LogP contribution in [0, 0.1) is 0 Å². The molecule has 0 bridgehead atoms. The molecule has 1 atom stereocenters. The van der Waals surface area contributed by atoms with E-state index in [1.54, 1.807) is 0 Å². The van der Waals surface area contributed by atoms with E-state index in [1.807, 2.05) is 7.05 Å². The second-order valence-electron chi connectivity index (χ2n) is 2.63. The first-order chi connectivity index (χ1) is 5.20. The van der Waals surface area contributed by atoms with Gasteiger partial charge in [-0.1, -0.05) is 0 Å². The molecule has 11 heavy (non-hydrogen) atoms. The minimum atomic E-state index is -1.22. The number of aliphatic hydroxyl groups is 2. The van der Waals surface area contributed by atoms with Crippen molar-refractivity contribution < 1.29 is 10.2 Å². The van der Waals surface area contributed by atoms with E-state index in [0.29, 0.717) is 13.0 Å². The maximum absolute atomic E-state index is 8.64. The lowest BCUT2D eigenvalue weighted by Crippen LogP contribution is -2.30. The average Bonchev–Trinajstić information content (AvgIpc) is 1.97. The van der Waals surface area contributed by atoms with Gasteiger partial charge in [-0.2, -0.15) is 0 Å². The highest BCUT2D eigenvalue weighted by Gasteiger charge is 2.08. The fraction of sp³-hybridized carbons (Fsp3) is 1.00. The van der Waals surface area contributed by atoms with Gasteiger partial charge in [-0.15, -0.1) is 0 Å². The standard InChI is InChI=1S/C7H18N2O2/c1-9-6(3-2-4-8)5-7(10)11/h6-7,9-11H,2-5,8H2,1H3. The van der Waals surface area contributed by atoms with Crippen LogP contribution in [0.4, 0.5) is 0 Å². The third kappa shape index (κ3) is 6.25. The van der Waals surface area contributed by atoms with Crippen molar-refractivity contribution in [2.45, 2.75) is 31.6 Å². The molecule has 0 rings (SSSR count). The second kappa shape index (κ2) is 6.54. The number of aliphatic hydroxyl groups excluding tert-OH is 1. The molecule has 0 aromatic rings. The fourth-order valence-corrected chi connectivity index (χ4v) is 0.999. The molecule has 0 aliphatic heterocycles. The van der Waals surface area contributed by atoms with E-state index in [2.05, 4.69) is 5.32 Å². The molecule has 4 heteroatoms. The van der Waals surface area contributed by atoms with E-state index in [-0.39, 0.29) is 6.04 Å². The summed E-state index contributed by atoms with van der Waals surface area (Å²) in [6.45, 7) is 0.652. The van der Waals surface area contributed by atoms with Crippen molar-refractivity contribution in [2.75, 3.05) is 13.6 Å². The fourth-order valence-electron chi connectivity index (χ4n) is 0.999. The van der Waals surface area contributed by atoms with Crippen LogP contribution in [0.3, 0.4) is 0 Å². The number of hydrogen-bond acceptors (Lipinski definition) is 4. The molecule has 0 spiro atoms. The van der Waals surface area contributed by atoms with Crippen LogP contribution in [0.25, 0.3) is 0 Å². The normalized spacial score (nSPS) is 13.9. The minimum absolute atomic E-state index is 0.165. The van der Waals surface area contributed by atoms with E-state index in [1.165, 1.54) is 0 Å². The monoisotopic (exact) mass is 162 g/mol. The summed E-state index contributed by atoms with van der Waals surface area (Å²) < 4.78 is 0. The number of rotatable bonds is 6. The lowest BCUT2D eigenvalue weighted by atomic mass is 10.1. The van der Waals surface area contributed by atoms with Gasteiger partial charge >= 0.3 is 0 Å². The van der Waals surface area contributed by atoms with Crippen LogP contribution in [0.15, 0.2) is 0 Å². The van der Waals surface area contributed by atoms with Crippen LogP contribution in [0.2, 0.25) is 0 Å². The molecular weight excluding hydrogens is 144 g/mol. The Morgan fingerprint density at radius 3 is 2.45 bits per heavy atom. The molecule has 0 aliphatic carbocycles. The van der Waals surface area contributed by atoms with Gasteiger partial charge in [0.1, 0.15) is 0 Å². The Kier molecular flexibility index (Phi) is 6.45. The van der Waals surface area contributed by atoms with Gasteiger partial charge in [-0.3, -0.25) is 0 Å². The summed E-state index contributed by atoms with van der Waals surface area (Å²) >= 11 is 0. The molecule has 0 aromatic carbocycles. The third-order valence-corrected chi connectivity index (χ3v) is 1.66. The Labute approximate surface area is 67.4 Å². The highest BCUT2D eigenvalue weighted by Crippen LogP contribution is 2.02. The van der Waals surface area contributed by atoms with Gasteiger partial charge < -0.3 is 21.3 Å². The summed E-state index contributed by atoms with van der Waals surface area (Å²) in [5.74, 6) is 0. The predicted octanol–water partition coefficient (Wildman–Crippen LogP) is -0.986. The van der Waals surface area contributed by atoms with Gasteiger partial charge in [0.25, 0.3) is 0 Å². The predicted molar refractivity (Wildman–Crippen MR) is 44.0 cm³/mol. The van der Waals surface area contributed by atoms with Gasteiger partial charge in [0.2, 0.25) is 0 Å². The maximum Gasteiger partial charge on any atom is 0.152 e. The zero-order valence-corrected chi connectivity index (χ0v) is 6.95. The first-order valence-electron chi connectivity index (χ1n) is 3.94. The summed E-state index contributed by atoms with van der Waals surface area (Å²) in [5.41, 5.74) is 5.31. The number of hydrogen-bond donors (Lipinski definition) is 4. The summed E-state index contributed by atoms with van der Waals surface area (Å²) in [6, 6.07) is 0.165. The second-order valence-corrected chi connectivity index (χ2v) is 2.63. The minimum Gasteiger partial charge on any atom is -0.368 e. The van der Waals surface area contributed by atoms with Crippen LogP contribution in [-0.2, 0) is 0 Å². The lowest BCUT2D eigenvalue weighted by molar-refractivity contribution is -0.0516. The van der Waals surface area contributed by atoms with Gasteiger partial charge in [0, 0.05) is 12.5 Å². The van der Waals surface area contributed by atoms with Crippen molar-refractivity contribution in [2.24, 2.45) is 5.73 Å². The molecule has 0 aliphatic rings. The smallest absolute Gasteiger partial charge is 0.152 e. The van der Waals surface area contributed by atoms with Crippen molar-refractivity contribution in [3.63, 3.8) is 0 Å². The SMILES string of the molecule is CNC(CCCN)CC(O)O. The van der Waals surface area contributed by atoms with Crippen molar-refractivity contribution in [1.82, 2.24) is 5.32 Å². The first-order valence-corrected chi connectivity index (χ1v) is 3.94. The number of nitrogens with one attached hydrogen (secondary N) is 1. The lowest BCUT2D eigenvalue weighted by Gasteiger charge is -2.16. The van der Waals surface area contributed by atoms with E-state index >= 15 is 0 Å². The topological polar surface area (TPSA) is 78.5 Å². The molecule has 0 amide bonds. The largest absolute Gasteiger partial charge is 0.368 e.